The van der Waals surface area contributed by atoms with Crippen LogP contribution in [0.3, 0.4) is 0 Å². The molecule has 0 spiro atoms. The first-order valence-corrected chi connectivity index (χ1v) is 6.92. The molecule has 3 rings (SSSR count). The number of aromatic nitrogens is 4. The molecule has 2 heterocycles. The molecule has 0 atom stereocenters. The van der Waals surface area contributed by atoms with E-state index in [2.05, 4.69) is 46.5 Å². The van der Waals surface area contributed by atoms with Crippen LogP contribution in [0.1, 0.15) is 16.1 Å². The molecule has 19 heavy (non-hydrogen) atoms. The Morgan fingerprint density at radius 2 is 2.00 bits per heavy atom. The normalized spacial score (nSPS) is 11.3. The Kier molecular flexibility index (Phi) is 3.04. The lowest BCUT2D eigenvalue weighted by atomic mass is 10.1. The van der Waals surface area contributed by atoms with Crippen LogP contribution in [0.25, 0.3) is 16.2 Å². The second kappa shape index (κ2) is 4.71. The fourth-order valence-corrected chi connectivity index (χ4v) is 2.82. The van der Waals surface area contributed by atoms with Crippen molar-refractivity contribution in [2.75, 3.05) is 7.05 Å². The van der Waals surface area contributed by atoms with E-state index in [4.69, 9.17) is 0 Å². The van der Waals surface area contributed by atoms with Crippen LogP contribution in [0.15, 0.2) is 18.5 Å². The van der Waals surface area contributed by atoms with Gasteiger partial charge in [-0.1, -0.05) is 11.3 Å². The van der Waals surface area contributed by atoms with Crippen LogP contribution in [-0.4, -0.2) is 26.8 Å². The number of nitrogens with one attached hydrogen (secondary N) is 1. The fraction of sp³-hybridized carbons (Fsp3) is 0.308. The van der Waals surface area contributed by atoms with E-state index in [0.717, 1.165) is 27.7 Å². The highest BCUT2D eigenvalue weighted by Crippen LogP contribution is 2.23. The maximum absolute atomic E-state index is 4.44. The van der Waals surface area contributed by atoms with Gasteiger partial charge in [-0.25, -0.2) is 4.98 Å². The minimum absolute atomic E-state index is 0.739. The van der Waals surface area contributed by atoms with Crippen LogP contribution in [0.4, 0.5) is 0 Å². The molecule has 5 nitrogen and oxygen atoms in total. The minimum Gasteiger partial charge on any atom is -0.313 e. The van der Waals surface area contributed by atoms with Gasteiger partial charge in [-0.15, -0.1) is 10.2 Å². The summed E-state index contributed by atoms with van der Waals surface area (Å²) in [5, 5.41) is 13.3. The number of imidazole rings is 1. The number of rotatable bonds is 3. The van der Waals surface area contributed by atoms with Gasteiger partial charge in [0.05, 0.1) is 11.0 Å². The first kappa shape index (κ1) is 12.3. The summed E-state index contributed by atoms with van der Waals surface area (Å²) in [7, 11) is 1.90. The molecule has 0 aliphatic heterocycles. The third-order valence-electron chi connectivity index (χ3n) is 3.15. The monoisotopic (exact) mass is 273 g/mol. The zero-order chi connectivity index (χ0) is 13.4. The standard InChI is InChI=1S/C13H15N5S/c1-8-4-10-11(5-9(8)2)18(7-15-10)13-17-16-12(19-13)6-14-3/h4-5,7,14H,6H2,1-3H3. The van der Waals surface area contributed by atoms with Gasteiger partial charge in [0.15, 0.2) is 0 Å². The van der Waals surface area contributed by atoms with Gasteiger partial charge < -0.3 is 5.32 Å². The Morgan fingerprint density at radius 1 is 1.21 bits per heavy atom. The summed E-state index contributed by atoms with van der Waals surface area (Å²) in [5.41, 5.74) is 4.59. The SMILES string of the molecule is CNCc1nnc(-n2cnc3cc(C)c(C)cc32)s1. The number of fused-ring (bicyclic) bond motifs is 1. The lowest BCUT2D eigenvalue weighted by Crippen LogP contribution is -2.04. The molecule has 0 bridgehead atoms. The van der Waals surface area contributed by atoms with Gasteiger partial charge in [0.2, 0.25) is 5.13 Å². The average molecular weight is 273 g/mol. The van der Waals surface area contributed by atoms with Gasteiger partial charge in [0, 0.05) is 6.54 Å². The van der Waals surface area contributed by atoms with Crippen molar-refractivity contribution in [1.29, 1.82) is 0 Å². The molecule has 0 amide bonds. The van der Waals surface area contributed by atoms with Crippen molar-refractivity contribution in [2.45, 2.75) is 20.4 Å². The Labute approximate surface area is 115 Å². The van der Waals surface area contributed by atoms with E-state index in [1.165, 1.54) is 11.1 Å². The van der Waals surface area contributed by atoms with Gasteiger partial charge in [-0.05, 0) is 44.2 Å². The average Bonchev–Trinajstić information content (AvgIpc) is 2.97. The van der Waals surface area contributed by atoms with Crippen LogP contribution in [0, 0.1) is 13.8 Å². The maximum Gasteiger partial charge on any atom is 0.218 e. The zero-order valence-electron chi connectivity index (χ0n) is 11.1. The van der Waals surface area contributed by atoms with Crippen molar-refractivity contribution in [3.63, 3.8) is 0 Å². The van der Waals surface area contributed by atoms with E-state index >= 15 is 0 Å². The van der Waals surface area contributed by atoms with Crippen LogP contribution in [-0.2, 0) is 6.54 Å². The van der Waals surface area contributed by atoms with Crippen molar-refractivity contribution in [3.05, 3.63) is 34.6 Å². The Hall–Kier alpha value is -1.79. The second-order valence-corrected chi connectivity index (χ2v) is 5.59. The number of aryl methyl sites for hydroxylation is 2. The highest BCUT2D eigenvalue weighted by atomic mass is 32.1. The van der Waals surface area contributed by atoms with E-state index in [-0.39, 0.29) is 0 Å². The smallest absolute Gasteiger partial charge is 0.218 e. The van der Waals surface area contributed by atoms with E-state index in [0.29, 0.717) is 0 Å². The Morgan fingerprint density at radius 3 is 2.79 bits per heavy atom. The number of benzene rings is 1. The molecule has 1 N–H and O–H groups in total. The molecule has 0 radical (unpaired) electrons. The molecule has 0 aliphatic rings. The molecule has 6 heteroatoms. The highest BCUT2D eigenvalue weighted by Gasteiger charge is 2.10. The van der Waals surface area contributed by atoms with E-state index in [1.807, 2.05) is 17.9 Å². The number of hydrogen-bond acceptors (Lipinski definition) is 5. The third kappa shape index (κ3) is 2.13. The summed E-state index contributed by atoms with van der Waals surface area (Å²) in [5.74, 6) is 0. The molecule has 3 aromatic rings. The van der Waals surface area contributed by atoms with Crippen LogP contribution >= 0.6 is 11.3 Å². The summed E-state index contributed by atoms with van der Waals surface area (Å²) in [6.45, 7) is 4.95. The van der Waals surface area contributed by atoms with E-state index in [1.54, 1.807) is 11.3 Å². The molecule has 0 fully saturated rings. The molecule has 0 aliphatic carbocycles. The molecule has 98 valence electrons. The van der Waals surface area contributed by atoms with Gasteiger partial charge >= 0.3 is 0 Å². The van der Waals surface area contributed by atoms with Gasteiger partial charge in [0.25, 0.3) is 0 Å². The van der Waals surface area contributed by atoms with Crippen LogP contribution in [0.5, 0.6) is 0 Å². The Balaban J connectivity index is 2.11. The third-order valence-corrected chi connectivity index (χ3v) is 4.08. The zero-order valence-corrected chi connectivity index (χ0v) is 12.0. The van der Waals surface area contributed by atoms with Gasteiger partial charge in [-0.3, -0.25) is 4.57 Å². The maximum atomic E-state index is 4.44. The minimum atomic E-state index is 0.739. The number of hydrogen-bond donors (Lipinski definition) is 1. The quantitative estimate of drug-likeness (QED) is 0.795. The predicted molar refractivity (Wildman–Crippen MR) is 76.8 cm³/mol. The Bertz CT molecular complexity index is 728. The van der Waals surface area contributed by atoms with Gasteiger partial charge in [-0.2, -0.15) is 0 Å². The number of nitrogens with zero attached hydrogens (tertiary/aromatic N) is 4. The molecule has 0 saturated carbocycles. The lowest BCUT2D eigenvalue weighted by Gasteiger charge is -2.02. The largest absolute Gasteiger partial charge is 0.313 e. The molecule has 0 unspecified atom stereocenters. The fourth-order valence-electron chi connectivity index (χ4n) is 1.98. The van der Waals surface area contributed by atoms with Crippen molar-refractivity contribution in [1.82, 2.24) is 25.1 Å². The molecular formula is C13H15N5S. The lowest BCUT2D eigenvalue weighted by molar-refractivity contribution is 0.792. The van der Waals surface area contributed by atoms with E-state index < -0.39 is 0 Å². The van der Waals surface area contributed by atoms with Crippen molar-refractivity contribution in [3.8, 4) is 5.13 Å². The summed E-state index contributed by atoms with van der Waals surface area (Å²) >= 11 is 1.58. The molecule has 2 aromatic heterocycles. The molecule has 1 aromatic carbocycles. The van der Waals surface area contributed by atoms with Crippen molar-refractivity contribution in [2.24, 2.45) is 0 Å². The summed E-state index contributed by atoms with van der Waals surface area (Å²) in [4.78, 5) is 4.44. The topological polar surface area (TPSA) is 55.6 Å². The molecule has 0 saturated heterocycles. The van der Waals surface area contributed by atoms with Gasteiger partial charge in [0.1, 0.15) is 11.3 Å². The summed E-state index contributed by atoms with van der Waals surface area (Å²) < 4.78 is 2.00. The molecular weight excluding hydrogens is 258 g/mol. The summed E-state index contributed by atoms with van der Waals surface area (Å²) in [6, 6.07) is 4.26. The highest BCUT2D eigenvalue weighted by molar-refractivity contribution is 7.13. The summed E-state index contributed by atoms with van der Waals surface area (Å²) in [6.07, 6.45) is 1.81. The first-order chi connectivity index (χ1) is 9.19. The van der Waals surface area contributed by atoms with Crippen molar-refractivity contribution >= 4 is 22.4 Å². The second-order valence-electron chi connectivity index (χ2n) is 4.55. The first-order valence-electron chi connectivity index (χ1n) is 6.10. The van der Waals surface area contributed by atoms with Crippen LogP contribution in [0.2, 0.25) is 0 Å². The van der Waals surface area contributed by atoms with Crippen molar-refractivity contribution < 1.29 is 0 Å². The van der Waals surface area contributed by atoms with E-state index in [9.17, 15) is 0 Å². The van der Waals surface area contributed by atoms with Crippen LogP contribution < -0.4 is 5.32 Å². The predicted octanol–water partition coefficient (Wildman–Crippen LogP) is 2.21.